The summed E-state index contributed by atoms with van der Waals surface area (Å²) < 4.78 is 11.7. The van der Waals surface area contributed by atoms with E-state index < -0.39 is 0 Å². The van der Waals surface area contributed by atoms with Crippen molar-refractivity contribution >= 4 is 39.8 Å². The van der Waals surface area contributed by atoms with Crippen LogP contribution in [-0.4, -0.2) is 23.2 Å². The van der Waals surface area contributed by atoms with Gasteiger partial charge in [-0.2, -0.15) is 0 Å². The highest BCUT2D eigenvalue weighted by Gasteiger charge is 2.35. The zero-order chi connectivity index (χ0) is 25.1. The smallest absolute Gasteiger partial charge is 0.293 e. The van der Waals surface area contributed by atoms with Crippen LogP contribution in [0.2, 0.25) is 0 Å². The summed E-state index contributed by atoms with van der Waals surface area (Å²) in [5.74, 6) is 0.873. The van der Waals surface area contributed by atoms with Gasteiger partial charge in [-0.25, -0.2) is 0 Å². The Bertz CT molecular complexity index is 1470. The molecule has 36 heavy (non-hydrogen) atoms. The van der Waals surface area contributed by atoms with Gasteiger partial charge >= 0.3 is 0 Å². The van der Waals surface area contributed by atoms with Gasteiger partial charge in [0.15, 0.2) is 11.5 Å². The van der Waals surface area contributed by atoms with Gasteiger partial charge < -0.3 is 9.47 Å². The molecule has 0 saturated carbocycles. The quantitative estimate of drug-likeness (QED) is 0.259. The molecular formula is C30H25NO4S. The summed E-state index contributed by atoms with van der Waals surface area (Å²) >= 11 is 0.953. The number of thioether (sulfide) groups is 1. The Morgan fingerprint density at radius 2 is 1.67 bits per heavy atom. The average Bonchev–Trinajstić information content (AvgIpc) is 3.16. The molecule has 0 spiro atoms. The summed E-state index contributed by atoms with van der Waals surface area (Å²) in [5, 5.41) is 2.02. The van der Waals surface area contributed by atoms with E-state index in [1.54, 1.807) is 19.3 Å². The van der Waals surface area contributed by atoms with E-state index >= 15 is 0 Å². The Hall–Kier alpha value is -4.03. The predicted octanol–water partition coefficient (Wildman–Crippen LogP) is 6.97. The Morgan fingerprint density at radius 1 is 0.889 bits per heavy atom. The number of hydrogen-bond acceptors (Lipinski definition) is 5. The fraction of sp³-hybridized carbons (Fsp3) is 0.133. The molecule has 180 valence electrons. The van der Waals surface area contributed by atoms with E-state index in [0.717, 1.165) is 44.8 Å². The van der Waals surface area contributed by atoms with E-state index in [0.29, 0.717) is 23.0 Å². The highest BCUT2D eigenvalue weighted by atomic mass is 32.2. The van der Waals surface area contributed by atoms with E-state index in [1.807, 2.05) is 67.6 Å². The fourth-order valence-corrected chi connectivity index (χ4v) is 4.97. The maximum Gasteiger partial charge on any atom is 0.293 e. The van der Waals surface area contributed by atoms with Gasteiger partial charge in [0.1, 0.15) is 6.61 Å². The van der Waals surface area contributed by atoms with Crippen LogP contribution in [-0.2, 0) is 17.9 Å². The molecular weight excluding hydrogens is 470 g/mol. The van der Waals surface area contributed by atoms with Gasteiger partial charge in [-0.3, -0.25) is 14.5 Å². The summed E-state index contributed by atoms with van der Waals surface area (Å²) in [6.07, 6.45) is 1.73. The number of methoxy groups -OCH3 is 1. The maximum absolute atomic E-state index is 13.0. The van der Waals surface area contributed by atoms with Crippen LogP contribution in [0.5, 0.6) is 11.5 Å². The third kappa shape index (κ3) is 4.99. The molecule has 0 aliphatic carbocycles. The van der Waals surface area contributed by atoms with Crippen LogP contribution in [0.15, 0.2) is 89.8 Å². The first-order chi connectivity index (χ1) is 17.5. The minimum absolute atomic E-state index is 0.254. The number of fused-ring (bicyclic) bond motifs is 1. The number of imide groups is 1. The van der Waals surface area contributed by atoms with Crippen molar-refractivity contribution < 1.29 is 19.1 Å². The highest BCUT2D eigenvalue weighted by molar-refractivity contribution is 8.18. The molecule has 0 unspecified atom stereocenters. The van der Waals surface area contributed by atoms with Crippen LogP contribution < -0.4 is 9.47 Å². The van der Waals surface area contributed by atoms with Crippen LogP contribution in [0.1, 0.15) is 22.3 Å². The minimum atomic E-state index is -0.292. The number of carbonyl (C=O) groups is 2. The average molecular weight is 496 g/mol. The first-order valence-corrected chi connectivity index (χ1v) is 12.4. The Balaban J connectivity index is 1.35. The Morgan fingerprint density at radius 3 is 2.47 bits per heavy atom. The second-order valence-corrected chi connectivity index (χ2v) is 9.58. The summed E-state index contributed by atoms with van der Waals surface area (Å²) in [5.41, 5.74) is 3.87. The number of carbonyl (C=O) groups excluding carboxylic acids is 2. The van der Waals surface area contributed by atoms with Gasteiger partial charge in [-0.15, -0.1) is 0 Å². The zero-order valence-electron chi connectivity index (χ0n) is 20.1. The van der Waals surface area contributed by atoms with Crippen LogP contribution in [0.25, 0.3) is 16.8 Å². The predicted molar refractivity (Wildman–Crippen MR) is 144 cm³/mol. The zero-order valence-corrected chi connectivity index (χ0v) is 20.9. The third-order valence-electron chi connectivity index (χ3n) is 6.08. The summed E-state index contributed by atoms with van der Waals surface area (Å²) in [7, 11) is 1.59. The molecule has 1 aliphatic rings. The van der Waals surface area contributed by atoms with Gasteiger partial charge in [-0.1, -0.05) is 78.4 Å². The van der Waals surface area contributed by atoms with E-state index in [4.69, 9.17) is 9.47 Å². The lowest BCUT2D eigenvalue weighted by molar-refractivity contribution is -0.123. The molecule has 0 atom stereocenters. The van der Waals surface area contributed by atoms with Crippen molar-refractivity contribution in [2.24, 2.45) is 0 Å². The molecule has 2 amide bonds. The van der Waals surface area contributed by atoms with Gasteiger partial charge in [0.25, 0.3) is 11.1 Å². The number of aryl methyl sites for hydroxylation is 1. The van der Waals surface area contributed by atoms with Crippen molar-refractivity contribution in [3.8, 4) is 11.5 Å². The molecule has 0 radical (unpaired) electrons. The largest absolute Gasteiger partial charge is 0.493 e. The van der Waals surface area contributed by atoms with Crippen molar-refractivity contribution in [3.05, 3.63) is 112 Å². The number of ether oxygens (including phenoxy) is 2. The molecule has 1 fully saturated rings. The molecule has 0 bridgehead atoms. The van der Waals surface area contributed by atoms with Crippen LogP contribution in [0.3, 0.4) is 0 Å². The fourth-order valence-electron chi connectivity index (χ4n) is 4.13. The SMILES string of the molecule is COc1ccc(/C=C2\SC(=O)N(Cc3ccc(C)cc3)C2=O)cc1OCc1cccc2ccccc12. The van der Waals surface area contributed by atoms with E-state index in [1.165, 1.54) is 4.90 Å². The molecule has 6 heteroatoms. The van der Waals surface area contributed by atoms with E-state index in [2.05, 4.69) is 18.2 Å². The molecule has 5 rings (SSSR count). The third-order valence-corrected chi connectivity index (χ3v) is 6.99. The molecule has 4 aromatic carbocycles. The van der Waals surface area contributed by atoms with E-state index in [-0.39, 0.29) is 17.7 Å². The number of rotatable bonds is 7. The van der Waals surface area contributed by atoms with Crippen LogP contribution in [0, 0.1) is 6.92 Å². The number of nitrogens with zero attached hydrogens (tertiary/aromatic N) is 1. The monoisotopic (exact) mass is 495 g/mol. The van der Waals surface area contributed by atoms with Crippen molar-refractivity contribution in [1.29, 1.82) is 0 Å². The molecule has 1 aliphatic heterocycles. The van der Waals surface area contributed by atoms with Crippen molar-refractivity contribution in [1.82, 2.24) is 4.90 Å². The molecule has 1 heterocycles. The number of amides is 2. The molecule has 0 aromatic heterocycles. The first-order valence-electron chi connectivity index (χ1n) is 11.6. The summed E-state index contributed by atoms with van der Waals surface area (Å²) in [6.45, 7) is 2.63. The van der Waals surface area contributed by atoms with Gasteiger partial charge in [0, 0.05) is 0 Å². The molecule has 1 saturated heterocycles. The van der Waals surface area contributed by atoms with E-state index in [9.17, 15) is 9.59 Å². The lowest BCUT2D eigenvalue weighted by Gasteiger charge is -2.13. The standard InChI is InChI=1S/C30H25NO4S/c1-20-10-12-21(13-11-20)18-31-29(32)28(36-30(31)33)17-22-14-15-26(34-2)27(16-22)35-19-24-8-5-7-23-6-3-4-9-25(23)24/h3-17H,18-19H2,1-2H3/b28-17-. The lowest BCUT2D eigenvalue weighted by atomic mass is 10.1. The highest BCUT2D eigenvalue weighted by Crippen LogP contribution is 2.35. The van der Waals surface area contributed by atoms with Gasteiger partial charge in [0.05, 0.1) is 18.6 Å². The number of hydrogen-bond donors (Lipinski definition) is 0. The first kappa shape index (κ1) is 23.7. The summed E-state index contributed by atoms with van der Waals surface area (Å²) in [4.78, 5) is 27.2. The number of benzene rings is 4. The van der Waals surface area contributed by atoms with Crippen molar-refractivity contribution in [2.75, 3.05) is 7.11 Å². The van der Waals surface area contributed by atoms with Crippen molar-refractivity contribution in [2.45, 2.75) is 20.1 Å². The Labute approximate surface area is 214 Å². The molecule has 4 aromatic rings. The van der Waals surface area contributed by atoms with Crippen molar-refractivity contribution in [3.63, 3.8) is 0 Å². The second-order valence-electron chi connectivity index (χ2n) is 8.59. The molecule has 0 N–H and O–H groups in total. The summed E-state index contributed by atoms with van der Waals surface area (Å²) in [6, 6.07) is 27.6. The topological polar surface area (TPSA) is 55.8 Å². The molecule has 5 nitrogen and oxygen atoms in total. The maximum atomic E-state index is 13.0. The van der Waals surface area contributed by atoms with Crippen LogP contribution >= 0.6 is 11.8 Å². The van der Waals surface area contributed by atoms with Gasteiger partial charge in [-0.05, 0) is 64.4 Å². The second kappa shape index (κ2) is 10.3. The minimum Gasteiger partial charge on any atom is -0.493 e. The van der Waals surface area contributed by atoms with Gasteiger partial charge in [0.2, 0.25) is 0 Å². The normalized spacial score (nSPS) is 14.6. The Kier molecular flexibility index (Phi) is 6.78. The lowest BCUT2D eigenvalue weighted by Crippen LogP contribution is -2.27. The van der Waals surface area contributed by atoms with Crippen LogP contribution in [0.4, 0.5) is 4.79 Å².